The second-order valence-electron chi connectivity index (χ2n) is 3.43. The zero-order chi connectivity index (χ0) is 13.0. The van der Waals surface area contributed by atoms with Gasteiger partial charge in [-0.25, -0.2) is 4.79 Å². The lowest BCUT2D eigenvalue weighted by Crippen LogP contribution is -2.15. The fourth-order valence-electron chi connectivity index (χ4n) is 1.39. The first-order chi connectivity index (χ1) is 7.95. The Morgan fingerprint density at radius 2 is 2.00 bits per heavy atom. The standard InChI is InChI=1S/C11H10Cl2O4/c12-5-8(14)4-6-3-7(13)1-2-9(6)10(15)11(16)17/h1-3,10,15H,4-5H2,(H,16,17). The van der Waals surface area contributed by atoms with Gasteiger partial charge in [0.25, 0.3) is 0 Å². The molecule has 0 saturated heterocycles. The molecule has 2 N–H and O–H groups in total. The number of carbonyl (C=O) groups excluding carboxylic acids is 1. The lowest BCUT2D eigenvalue weighted by Gasteiger charge is -2.12. The summed E-state index contributed by atoms with van der Waals surface area (Å²) in [4.78, 5) is 21.9. The second-order valence-corrected chi connectivity index (χ2v) is 4.14. The molecule has 17 heavy (non-hydrogen) atoms. The Hall–Kier alpha value is -1.10. The predicted octanol–water partition coefficient (Wildman–Crippen LogP) is 1.81. The van der Waals surface area contributed by atoms with E-state index < -0.39 is 12.1 Å². The van der Waals surface area contributed by atoms with Crippen molar-refractivity contribution in [3.8, 4) is 0 Å². The van der Waals surface area contributed by atoms with E-state index in [1.54, 1.807) is 0 Å². The molecule has 0 saturated carbocycles. The van der Waals surface area contributed by atoms with Gasteiger partial charge in [-0.2, -0.15) is 0 Å². The van der Waals surface area contributed by atoms with E-state index in [1.165, 1.54) is 18.2 Å². The van der Waals surface area contributed by atoms with Crippen molar-refractivity contribution in [2.45, 2.75) is 12.5 Å². The van der Waals surface area contributed by atoms with Crippen LogP contribution in [0.5, 0.6) is 0 Å². The van der Waals surface area contributed by atoms with E-state index in [0.29, 0.717) is 10.6 Å². The lowest BCUT2D eigenvalue weighted by molar-refractivity contribution is -0.147. The van der Waals surface area contributed by atoms with Crippen molar-refractivity contribution in [3.05, 3.63) is 34.3 Å². The van der Waals surface area contributed by atoms with Crippen LogP contribution in [0, 0.1) is 0 Å². The van der Waals surface area contributed by atoms with E-state index in [0.717, 1.165) is 0 Å². The number of alkyl halides is 1. The molecule has 4 nitrogen and oxygen atoms in total. The molecule has 0 aliphatic heterocycles. The minimum Gasteiger partial charge on any atom is -0.479 e. The predicted molar refractivity (Wildman–Crippen MR) is 63.5 cm³/mol. The molecular formula is C11H10Cl2O4. The van der Waals surface area contributed by atoms with E-state index in [1.807, 2.05) is 0 Å². The van der Waals surface area contributed by atoms with E-state index in [4.69, 9.17) is 28.3 Å². The highest BCUT2D eigenvalue weighted by Crippen LogP contribution is 2.23. The van der Waals surface area contributed by atoms with E-state index in [-0.39, 0.29) is 23.6 Å². The molecule has 0 aromatic heterocycles. The second kappa shape index (κ2) is 6.00. The molecule has 0 bridgehead atoms. The number of aliphatic hydroxyl groups excluding tert-OH is 1. The molecule has 1 unspecified atom stereocenters. The molecule has 1 aromatic carbocycles. The van der Waals surface area contributed by atoms with E-state index in [9.17, 15) is 14.7 Å². The first kappa shape index (κ1) is 14.0. The molecule has 0 radical (unpaired) electrons. The van der Waals surface area contributed by atoms with Crippen LogP contribution in [0.15, 0.2) is 18.2 Å². The maximum Gasteiger partial charge on any atom is 0.337 e. The minimum atomic E-state index is -1.68. The van der Waals surface area contributed by atoms with Crippen LogP contribution >= 0.6 is 23.2 Å². The summed E-state index contributed by atoms with van der Waals surface area (Å²) >= 11 is 11.1. The SMILES string of the molecule is O=C(CCl)Cc1cc(Cl)ccc1C(O)C(=O)O. The summed E-state index contributed by atoms with van der Waals surface area (Å²) in [5.74, 6) is -1.82. The van der Waals surface area contributed by atoms with Crippen LogP contribution in [0.3, 0.4) is 0 Å². The number of aliphatic carboxylic acids is 1. The van der Waals surface area contributed by atoms with Crippen LogP contribution in [0.1, 0.15) is 17.2 Å². The van der Waals surface area contributed by atoms with Crippen molar-refractivity contribution in [1.82, 2.24) is 0 Å². The lowest BCUT2D eigenvalue weighted by atomic mass is 9.98. The minimum absolute atomic E-state index is 0.0519. The molecule has 1 atom stereocenters. The molecule has 0 spiro atoms. The number of carboxylic acids is 1. The number of benzene rings is 1. The Kier molecular flexibility index (Phi) is 4.93. The summed E-state index contributed by atoms with van der Waals surface area (Å²) < 4.78 is 0. The maximum atomic E-state index is 11.2. The maximum absolute atomic E-state index is 11.2. The molecule has 0 fully saturated rings. The van der Waals surface area contributed by atoms with Gasteiger partial charge in [0.2, 0.25) is 0 Å². The Balaban J connectivity index is 3.11. The highest BCUT2D eigenvalue weighted by atomic mass is 35.5. The van der Waals surface area contributed by atoms with Crippen LogP contribution in [-0.4, -0.2) is 27.8 Å². The van der Waals surface area contributed by atoms with Gasteiger partial charge in [-0.15, -0.1) is 11.6 Å². The van der Waals surface area contributed by atoms with Crippen molar-refractivity contribution in [2.24, 2.45) is 0 Å². The summed E-state index contributed by atoms with van der Waals surface area (Å²) in [5, 5.41) is 18.6. The molecule has 0 aliphatic carbocycles. The average Bonchev–Trinajstić information content (AvgIpc) is 2.28. The van der Waals surface area contributed by atoms with Crippen molar-refractivity contribution in [3.63, 3.8) is 0 Å². The third kappa shape index (κ3) is 3.70. The van der Waals surface area contributed by atoms with Crippen molar-refractivity contribution in [1.29, 1.82) is 0 Å². The van der Waals surface area contributed by atoms with Gasteiger partial charge < -0.3 is 10.2 Å². The summed E-state index contributed by atoms with van der Waals surface area (Å²) in [5.41, 5.74) is 0.526. The van der Waals surface area contributed by atoms with Gasteiger partial charge in [0, 0.05) is 11.4 Å². The van der Waals surface area contributed by atoms with E-state index >= 15 is 0 Å². The zero-order valence-electron chi connectivity index (χ0n) is 8.69. The number of hydrogen-bond donors (Lipinski definition) is 2. The summed E-state index contributed by atoms with van der Waals surface area (Å²) in [6, 6.07) is 4.29. The summed E-state index contributed by atoms with van der Waals surface area (Å²) in [6.07, 6.45) is -1.73. The van der Waals surface area contributed by atoms with Crippen molar-refractivity contribution >= 4 is 35.0 Å². The topological polar surface area (TPSA) is 74.6 Å². The number of halogens is 2. The Bertz CT molecular complexity index is 445. The van der Waals surface area contributed by atoms with Gasteiger partial charge in [-0.3, -0.25) is 4.79 Å². The third-order valence-corrected chi connectivity index (χ3v) is 2.70. The molecule has 0 aliphatic rings. The van der Waals surface area contributed by atoms with Crippen molar-refractivity contribution in [2.75, 3.05) is 5.88 Å². The Morgan fingerprint density at radius 1 is 1.35 bits per heavy atom. The van der Waals surface area contributed by atoms with Gasteiger partial charge in [-0.1, -0.05) is 17.7 Å². The van der Waals surface area contributed by atoms with Crippen molar-refractivity contribution < 1.29 is 19.8 Å². The van der Waals surface area contributed by atoms with Crippen LogP contribution < -0.4 is 0 Å². The van der Waals surface area contributed by atoms with Gasteiger partial charge >= 0.3 is 5.97 Å². The monoisotopic (exact) mass is 276 g/mol. The first-order valence-corrected chi connectivity index (χ1v) is 5.63. The number of carboxylic acid groups (broad SMARTS) is 1. The van der Waals surface area contributed by atoms with Gasteiger partial charge in [0.15, 0.2) is 11.9 Å². The quantitative estimate of drug-likeness (QED) is 0.805. The number of aliphatic hydroxyl groups is 1. The van der Waals surface area contributed by atoms with Crippen LogP contribution in [0.4, 0.5) is 0 Å². The number of carbonyl (C=O) groups is 2. The van der Waals surface area contributed by atoms with Gasteiger partial charge in [0.1, 0.15) is 0 Å². The number of ketones is 1. The number of Topliss-reactive ketones (excluding diaryl/α,β-unsaturated/α-hetero) is 1. The van der Waals surface area contributed by atoms with Crippen LogP contribution in [0.25, 0.3) is 0 Å². The fraction of sp³-hybridized carbons (Fsp3) is 0.273. The zero-order valence-corrected chi connectivity index (χ0v) is 10.2. The molecule has 1 aromatic rings. The normalized spacial score (nSPS) is 12.2. The third-order valence-electron chi connectivity index (χ3n) is 2.17. The van der Waals surface area contributed by atoms with E-state index in [2.05, 4.69) is 0 Å². The van der Waals surface area contributed by atoms with Gasteiger partial charge in [-0.05, 0) is 23.3 Å². The Labute approximate surface area is 108 Å². The largest absolute Gasteiger partial charge is 0.479 e. The highest BCUT2D eigenvalue weighted by molar-refractivity contribution is 6.30. The van der Waals surface area contributed by atoms with Crippen LogP contribution in [-0.2, 0) is 16.0 Å². The molecular weight excluding hydrogens is 267 g/mol. The molecule has 92 valence electrons. The molecule has 1 rings (SSSR count). The molecule has 0 amide bonds. The molecule has 6 heteroatoms. The number of rotatable bonds is 5. The first-order valence-electron chi connectivity index (χ1n) is 4.72. The summed E-state index contributed by atoms with van der Waals surface area (Å²) in [6.45, 7) is 0. The summed E-state index contributed by atoms with van der Waals surface area (Å²) in [7, 11) is 0. The van der Waals surface area contributed by atoms with Crippen LogP contribution in [0.2, 0.25) is 5.02 Å². The Morgan fingerprint density at radius 3 is 2.53 bits per heavy atom. The average molecular weight is 277 g/mol. The fourth-order valence-corrected chi connectivity index (χ4v) is 1.68. The smallest absolute Gasteiger partial charge is 0.337 e. The molecule has 0 heterocycles. The van der Waals surface area contributed by atoms with Gasteiger partial charge in [0.05, 0.1) is 5.88 Å². The number of hydrogen-bond acceptors (Lipinski definition) is 3. The highest BCUT2D eigenvalue weighted by Gasteiger charge is 2.20.